The van der Waals surface area contributed by atoms with E-state index in [4.69, 9.17) is 10.5 Å². The van der Waals surface area contributed by atoms with Crippen LogP contribution in [0.4, 0.5) is 0 Å². The van der Waals surface area contributed by atoms with Crippen molar-refractivity contribution in [3.05, 3.63) is 48.5 Å². The second-order valence-corrected chi connectivity index (χ2v) is 5.84. The third-order valence-electron chi connectivity index (χ3n) is 4.11. The minimum atomic E-state index is -0.533. The third-order valence-corrected chi connectivity index (χ3v) is 4.11. The maximum atomic E-state index is 12.7. The predicted molar refractivity (Wildman–Crippen MR) is 87.5 cm³/mol. The van der Waals surface area contributed by atoms with Crippen molar-refractivity contribution in [2.75, 3.05) is 19.7 Å². The van der Waals surface area contributed by atoms with Crippen LogP contribution in [-0.2, 0) is 4.79 Å². The predicted octanol–water partition coefficient (Wildman–Crippen LogP) is 1.22. The molecule has 0 bridgehead atoms. The summed E-state index contributed by atoms with van der Waals surface area (Å²) in [6.45, 7) is 1.26. The highest BCUT2D eigenvalue weighted by atomic mass is 16.5. The van der Waals surface area contributed by atoms with E-state index in [1.165, 1.54) is 0 Å². The first-order chi connectivity index (χ1) is 11.6. The zero-order valence-corrected chi connectivity index (χ0v) is 13.3. The van der Waals surface area contributed by atoms with Crippen molar-refractivity contribution in [2.45, 2.75) is 18.9 Å². The van der Waals surface area contributed by atoms with Gasteiger partial charge in [0.1, 0.15) is 5.75 Å². The highest BCUT2D eigenvalue weighted by molar-refractivity contribution is 5.94. The molecule has 1 saturated heterocycles. The Morgan fingerprint density at radius 3 is 2.75 bits per heavy atom. The van der Waals surface area contributed by atoms with E-state index in [1.807, 2.05) is 11.1 Å². The summed E-state index contributed by atoms with van der Waals surface area (Å²) in [6.07, 6.45) is 7.49. The van der Waals surface area contributed by atoms with Crippen LogP contribution in [0.25, 0.3) is 0 Å². The van der Waals surface area contributed by atoms with Crippen LogP contribution in [-0.4, -0.2) is 46.0 Å². The molecule has 3 rings (SSSR count). The Bertz CT molecular complexity index is 697. The Balaban J connectivity index is 1.64. The summed E-state index contributed by atoms with van der Waals surface area (Å²) < 4.78 is 7.26. The molecule has 2 N–H and O–H groups in total. The van der Waals surface area contributed by atoms with E-state index in [2.05, 4.69) is 9.55 Å². The lowest BCUT2D eigenvalue weighted by Crippen LogP contribution is -2.40. The van der Waals surface area contributed by atoms with Gasteiger partial charge in [0, 0.05) is 31.0 Å². The Morgan fingerprint density at radius 1 is 1.29 bits per heavy atom. The number of benzene rings is 1. The van der Waals surface area contributed by atoms with Crippen LogP contribution < -0.4 is 10.5 Å². The van der Waals surface area contributed by atoms with E-state index < -0.39 is 5.91 Å². The van der Waals surface area contributed by atoms with Gasteiger partial charge in [0.15, 0.2) is 6.61 Å². The molecule has 24 heavy (non-hydrogen) atoms. The topological polar surface area (TPSA) is 90.5 Å². The number of carbonyl (C=O) groups is 2. The third kappa shape index (κ3) is 3.73. The second-order valence-electron chi connectivity index (χ2n) is 5.84. The highest BCUT2D eigenvalue weighted by Crippen LogP contribution is 2.23. The molecule has 1 fully saturated rings. The summed E-state index contributed by atoms with van der Waals surface area (Å²) in [7, 11) is 0. The molecular weight excluding hydrogens is 308 g/mol. The number of amides is 2. The number of likely N-dealkylation sites (tertiary alicyclic amines) is 1. The molecular formula is C17H20N4O3. The number of imidazole rings is 1. The van der Waals surface area contributed by atoms with Gasteiger partial charge in [0.05, 0.1) is 12.4 Å². The van der Waals surface area contributed by atoms with Gasteiger partial charge in [-0.25, -0.2) is 4.98 Å². The molecule has 1 aliphatic heterocycles. The van der Waals surface area contributed by atoms with E-state index in [-0.39, 0.29) is 18.6 Å². The van der Waals surface area contributed by atoms with Gasteiger partial charge in [0.2, 0.25) is 0 Å². The first-order valence-electron chi connectivity index (χ1n) is 7.91. The van der Waals surface area contributed by atoms with Crippen LogP contribution in [0.3, 0.4) is 0 Å². The minimum absolute atomic E-state index is 0.00117. The van der Waals surface area contributed by atoms with Crippen molar-refractivity contribution in [3.8, 4) is 5.75 Å². The number of aromatic nitrogens is 2. The molecule has 0 spiro atoms. The molecule has 7 heteroatoms. The number of nitrogens with zero attached hydrogens (tertiary/aromatic N) is 3. The number of primary amides is 1. The summed E-state index contributed by atoms with van der Waals surface area (Å²) in [4.78, 5) is 29.3. The fourth-order valence-corrected chi connectivity index (χ4v) is 2.90. The summed E-state index contributed by atoms with van der Waals surface area (Å²) in [5, 5.41) is 0. The van der Waals surface area contributed by atoms with Crippen molar-refractivity contribution in [1.29, 1.82) is 0 Å². The number of carbonyl (C=O) groups excluding carboxylic acids is 2. The van der Waals surface area contributed by atoms with Gasteiger partial charge in [-0.05, 0) is 37.1 Å². The van der Waals surface area contributed by atoms with Crippen molar-refractivity contribution in [3.63, 3.8) is 0 Å². The molecule has 2 aromatic rings. The fourth-order valence-electron chi connectivity index (χ4n) is 2.90. The van der Waals surface area contributed by atoms with E-state index in [0.29, 0.717) is 17.9 Å². The van der Waals surface area contributed by atoms with Crippen LogP contribution in [0.1, 0.15) is 29.2 Å². The number of hydrogen-bond donors (Lipinski definition) is 1. The van der Waals surface area contributed by atoms with Crippen LogP contribution in [0.15, 0.2) is 43.0 Å². The van der Waals surface area contributed by atoms with Crippen LogP contribution in [0.2, 0.25) is 0 Å². The molecule has 126 valence electrons. The van der Waals surface area contributed by atoms with Crippen LogP contribution in [0.5, 0.6) is 5.75 Å². The monoisotopic (exact) mass is 328 g/mol. The quantitative estimate of drug-likeness (QED) is 0.893. The Hall–Kier alpha value is -2.83. The molecule has 7 nitrogen and oxygen atoms in total. The fraction of sp³-hybridized carbons (Fsp3) is 0.353. The van der Waals surface area contributed by atoms with Crippen LogP contribution >= 0.6 is 0 Å². The normalized spacial score (nSPS) is 17.5. The Morgan fingerprint density at radius 2 is 2.08 bits per heavy atom. The standard InChI is InChI=1S/C17H20N4O3/c18-16(22)11-24-15-5-3-13(4-6-15)17(23)20-8-1-2-14(10-20)21-9-7-19-12-21/h3-7,9,12,14H,1-2,8,10-11H2,(H2,18,22)/t14-/m0/s1. The zero-order valence-electron chi connectivity index (χ0n) is 13.3. The summed E-state index contributed by atoms with van der Waals surface area (Å²) in [5.74, 6) is -0.0180. The molecule has 0 saturated carbocycles. The molecule has 0 aliphatic carbocycles. The maximum Gasteiger partial charge on any atom is 0.255 e. The van der Waals surface area contributed by atoms with Crippen molar-refractivity contribution >= 4 is 11.8 Å². The summed E-state index contributed by atoms with van der Waals surface area (Å²) >= 11 is 0. The molecule has 1 aliphatic rings. The first-order valence-corrected chi connectivity index (χ1v) is 7.91. The van der Waals surface area contributed by atoms with Crippen LogP contribution in [0, 0.1) is 0 Å². The summed E-state index contributed by atoms with van der Waals surface area (Å²) in [5.41, 5.74) is 5.64. The Kier molecular flexibility index (Phi) is 4.79. The molecule has 0 radical (unpaired) electrons. The number of hydrogen-bond acceptors (Lipinski definition) is 4. The zero-order chi connectivity index (χ0) is 16.9. The molecule has 0 unspecified atom stereocenters. The smallest absolute Gasteiger partial charge is 0.255 e. The second kappa shape index (κ2) is 7.16. The van der Waals surface area contributed by atoms with Gasteiger partial charge in [-0.1, -0.05) is 0 Å². The van der Waals surface area contributed by atoms with Gasteiger partial charge in [-0.15, -0.1) is 0 Å². The lowest BCUT2D eigenvalue weighted by atomic mass is 10.0. The average molecular weight is 328 g/mol. The number of ether oxygens (including phenoxy) is 1. The van der Waals surface area contributed by atoms with Crippen molar-refractivity contribution in [1.82, 2.24) is 14.5 Å². The first kappa shape index (κ1) is 16.0. The highest BCUT2D eigenvalue weighted by Gasteiger charge is 2.25. The average Bonchev–Trinajstić information content (AvgIpc) is 3.14. The van der Waals surface area contributed by atoms with Gasteiger partial charge in [-0.3, -0.25) is 9.59 Å². The number of nitrogens with two attached hydrogens (primary N) is 1. The molecule has 2 amide bonds. The SMILES string of the molecule is NC(=O)COc1ccc(C(=O)N2CCC[C@H](n3ccnc3)C2)cc1. The van der Waals surface area contributed by atoms with E-state index in [1.54, 1.807) is 36.8 Å². The minimum Gasteiger partial charge on any atom is -0.484 e. The molecule has 2 heterocycles. The maximum absolute atomic E-state index is 12.7. The Labute approximate surface area is 140 Å². The van der Waals surface area contributed by atoms with Gasteiger partial charge >= 0.3 is 0 Å². The van der Waals surface area contributed by atoms with E-state index in [0.717, 1.165) is 19.4 Å². The largest absolute Gasteiger partial charge is 0.484 e. The summed E-state index contributed by atoms with van der Waals surface area (Å²) in [6, 6.07) is 7.03. The van der Waals surface area contributed by atoms with Gasteiger partial charge in [0.25, 0.3) is 11.8 Å². The number of piperidine rings is 1. The molecule has 1 aromatic heterocycles. The molecule has 1 atom stereocenters. The van der Waals surface area contributed by atoms with Crippen molar-refractivity contribution < 1.29 is 14.3 Å². The van der Waals surface area contributed by atoms with E-state index in [9.17, 15) is 9.59 Å². The van der Waals surface area contributed by atoms with Gasteiger partial charge < -0.3 is 19.9 Å². The van der Waals surface area contributed by atoms with Gasteiger partial charge in [-0.2, -0.15) is 0 Å². The van der Waals surface area contributed by atoms with Crippen molar-refractivity contribution in [2.24, 2.45) is 5.73 Å². The lowest BCUT2D eigenvalue weighted by Gasteiger charge is -2.33. The lowest BCUT2D eigenvalue weighted by molar-refractivity contribution is -0.119. The molecule has 1 aromatic carbocycles. The number of rotatable bonds is 5. The van der Waals surface area contributed by atoms with E-state index >= 15 is 0 Å².